The van der Waals surface area contributed by atoms with Crippen LogP contribution in [0.4, 0.5) is 5.69 Å². The standard InChI is InChI=1S/C9H11ClN2S/c1-2-9(11)12-7-4-3-6(10)5-8(7)13/h2-5,9,12-13H,1,11H2. The number of anilines is 1. The fourth-order valence-electron chi connectivity index (χ4n) is 0.865. The van der Waals surface area contributed by atoms with Gasteiger partial charge in [0.05, 0.1) is 6.17 Å². The third kappa shape index (κ3) is 2.95. The van der Waals surface area contributed by atoms with E-state index in [1.54, 1.807) is 18.2 Å². The first-order valence-electron chi connectivity index (χ1n) is 3.76. The number of halogens is 1. The lowest BCUT2D eigenvalue weighted by Gasteiger charge is -2.12. The van der Waals surface area contributed by atoms with Gasteiger partial charge >= 0.3 is 0 Å². The Kier molecular flexibility index (Phi) is 3.66. The summed E-state index contributed by atoms with van der Waals surface area (Å²) >= 11 is 10.0. The summed E-state index contributed by atoms with van der Waals surface area (Å²) in [5.41, 5.74) is 6.46. The summed E-state index contributed by atoms with van der Waals surface area (Å²) in [5, 5.41) is 3.67. The third-order valence-electron chi connectivity index (χ3n) is 1.54. The molecule has 0 spiro atoms. The molecule has 1 atom stereocenters. The van der Waals surface area contributed by atoms with Crippen molar-refractivity contribution in [1.82, 2.24) is 0 Å². The molecule has 1 unspecified atom stereocenters. The van der Waals surface area contributed by atoms with Crippen LogP contribution >= 0.6 is 24.2 Å². The van der Waals surface area contributed by atoms with Gasteiger partial charge in [0, 0.05) is 15.6 Å². The summed E-state index contributed by atoms with van der Waals surface area (Å²) in [6.07, 6.45) is 1.34. The van der Waals surface area contributed by atoms with E-state index in [4.69, 9.17) is 17.3 Å². The van der Waals surface area contributed by atoms with E-state index in [1.807, 2.05) is 6.07 Å². The highest BCUT2D eigenvalue weighted by atomic mass is 35.5. The molecule has 3 N–H and O–H groups in total. The zero-order valence-electron chi connectivity index (χ0n) is 7.00. The van der Waals surface area contributed by atoms with Gasteiger partial charge in [0.15, 0.2) is 0 Å². The largest absolute Gasteiger partial charge is 0.366 e. The fourth-order valence-corrected chi connectivity index (χ4v) is 1.39. The molecule has 0 aliphatic rings. The highest BCUT2D eigenvalue weighted by Crippen LogP contribution is 2.23. The average Bonchev–Trinajstić information content (AvgIpc) is 2.09. The molecule has 0 heterocycles. The topological polar surface area (TPSA) is 38.0 Å². The summed E-state index contributed by atoms with van der Waals surface area (Å²) in [6.45, 7) is 3.57. The van der Waals surface area contributed by atoms with Crippen LogP contribution in [-0.2, 0) is 0 Å². The molecule has 1 aromatic rings. The lowest BCUT2D eigenvalue weighted by molar-refractivity contribution is 0.939. The molecule has 4 heteroatoms. The Morgan fingerprint density at radius 1 is 1.62 bits per heavy atom. The summed E-state index contributed by atoms with van der Waals surface area (Å²) in [7, 11) is 0. The normalized spacial score (nSPS) is 12.2. The number of hydrogen-bond donors (Lipinski definition) is 3. The second-order valence-electron chi connectivity index (χ2n) is 2.57. The van der Waals surface area contributed by atoms with E-state index in [0.29, 0.717) is 5.02 Å². The number of rotatable bonds is 3. The van der Waals surface area contributed by atoms with Crippen molar-refractivity contribution in [3.05, 3.63) is 35.9 Å². The van der Waals surface area contributed by atoms with E-state index >= 15 is 0 Å². The smallest absolute Gasteiger partial charge is 0.0933 e. The molecular formula is C9H11ClN2S. The van der Waals surface area contributed by atoms with Gasteiger partial charge in [-0.15, -0.1) is 12.6 Å². The van der Waals surface area contributed by atoms with Crippen molar-refractivity contribution in [2.75, 3.05) is 5.32 Å². The van der Waals surface area contributed by atoms with Gasteiger partial charge in [-0.05, 0) is 18.2 Å². The summed E-state index contributed by atoms with van der Waals surface area (Å²) in [5.74, 6) is 0. The van der Waals surface area contributed by atoms with Crippen LogP contribution in [0.25, 0.3) is 0 Å². The Hall–Kier alpha value is -0.640. The monoisotopic (exact) mass is 214 g/mol. The molecule has 70 valence electrons. The van der Waals surface area contributed by atoms with Crippen molar-refractivity contribution >= 4 is 29.9 Å². The molecule has 0 bridgehead atoms. The Morgan fingerprint density at radius 2 is 2.31 bits per heavy atom. The molecule has 0 fully saturated rings. The minimum absolute atomic E-state index is 0.271. The fraction of sp³-hybridized carbons (Fsp3) is 0.111. The van der Waals surface area contributed by atoms with Crippen LogP contribution in [0.3, 0.4) is 0 Å². The van der Waals surface area contributed by atoms with Gasteiger partial charge in [0.1, 0.15) is 0 Å². The molecule has 13 heavy (non-hydrogen) atoms. The van der Waals surface area contributed by atoms with Crippen molar-refractivity contribution in [2.24, 2.45) is 5.73 Å². The highest BCUT2D eigenvalue weighted by Gasteiger charge is 2.01. The van der Waals surface area contributed by atoms with Crippen LogP contribution in [-0.4, -0.2) is 6.17 Å². The van der Waals surface area contributed by atoms with Gasteiger partial charge in [0.2, 0.25) is 0 Å². The van der Waals surface area contributed by atoms with E-state index in [0.717, 1.165) is 10.6 Å². The summed E-state index contributed by atoms with van der Waals surface area (Å²) in [6, 6.07) is 5.36. The zero-order valence-corrected chi connectivity index (χ0v) is 8.65. The second-order valence-corrected chi connectivity index (χ2v) is 3.49. The van der Waals surface area contributed by atoms with E-state index < -0.39 is 0 Å². The maximum absolute atomic E-state index is 5.76. The Morgan fingerprint density at radius 3 is 2.85 bits per heavy atom. The molecule has 2 nitrogen and oxygen atoms in total. The molecule has 1 rings (SSSR count). The van der Waals surface area contributed by atoms with Gasteiger partial charge in [-0.2, -0.15) is 0 Å². The van der Waals surface area contributed by atoms with E-state index in [9.17, 15) is 0 Å². The van der Waals surface area contributed by atoms with Crippen molar-refractivity contribution in [1.29, 1.82) is 0 Å². The molecule has 0 aromatic heterocycles. The van der Waals surface area contributed by atoms with E-state index in [2.05, 4.69) is 24.5 Å². The Labute approximate surface area is 88.2 Å². The molecule has 1 aromatic carbocycles. The SMILES string of the molecule is C=CC(N)Nc1ccc(Cl)cc1S. The van der Waals surface area contributed by atoms with Crippen molar-refractivity contribution in [3.63, 3.8) is 0 Å². The summed E-state index contributed by atoms with van der Waals surface area (Å²) in [4.78, 5) is 0.768. The third-order valence-corrected chi connectivity index (χ3v) is 2.14. The molecule has 0 amide bonds. The van der Waals surface area contributed by atoms with Crippen LogP contribution in [0.5, 0.6) is 0 Å². The Balaban J connectivity index is 2.83. The quantitative estimate of drug-likeness (QED) is 0.411. The molecule has 0 radical (unpaired) electrons. The highest BCUT2D eigenvalue weighted by molar-refractivity contribution is 7.80. The second kappa shape index (κ2) is 4.56. The maximum Gasteiger partial charge on any atom is 0.0933 e. The lowest BCUT2D eigenvalue weighted by Crippen LogP contribution is -2.26. The van der Waals surface area contributed by atoms with Gasteiger partial charge in [-0.1, -0.05) is 24.3 Å². The van der Waals surface area contributed by atoms with Gasteiger partial charge in [0.25, 0.3) is 0 Å². The van der Waals surface area contributed by atoms with Crippen LogP contribution < -0.4 is 11.1 Å². The van der Waals surface area contributed by atoms with Gasteiger partial charge < -0.3 is 11.1 Å². The Bertz CT molecular complexity index is 314. The predicted molar refractivity (Wildman–Crippen MR) is 60.5 cm³/mol. The number of hydrogen-bond acceptors (Lipinski definition) is 3. The van der Waals surface area contributed by atoms with E-state index in [1.165, 1.54) is 0 Å². The summed E-state index contributed by atoms with van der Waals surface area (Å²) < 4.78 is 0. The predicted octanol–water partition coefficient (Wildman–Crippen LogP) is 2.51. The van der Waals surface area contributed by atoms with Crippen LogP contribution in [0.15, 0.2) is 35.7 Å². The maximum atomic E-state index is 5.76. The minimum atomic E-state index is -0.271. The van der Waals surface area contributed by atoms with Crippen LogP contribution in [0.2, 0.25) is 5.02 Å². The number of thiol groups is 1. The first kappa shape index (κ1) is 10.4. The molecular weight excluding hydrogens is 204 g/mol. The van der Waals surface area contributed by atoms with Crippen molar-refractivity contribution in [3.8, 4) is 0 Å². The zero-order chi connectivity index (χ0) is 9.84. The minimum Gasteiger partial charge on any atom is -0.366 e. The molecule has 0 saturated carbocycles. The number of nitrogens with one attached hydrogen (secondary N) is 1. The van der Waals surface area contributed by atoms with Crippen LogP contribution in [0, 0.1) is 0 Å². The average molecular weight is 215 g/mol. The van der Waals surface area contributed by atoms with Crippen LogP contribution in [0.1, 0.15) is 0 Å². The van der Waals surface area contributed by atoms with Gasteiger partial charge in [-0.25, -0.2) is 0 Å². The molecule has 0 aliphatic carbocycles. The number of nitrogens with two attached hydrogens (primary N) is 1. The number of benzene rings is 1. The lowest BCUT2D eigenvalue weighted by atomic mass is 10.3. The first-order chi connectivity index (χ1) is 6.13. The van der Waals surface area contributed by atoms with Gasteiger partial charge in [-0.3, -0.25) is 0 Å². The molecule has 0 saturated heterocycles. The first-order valence-corrected chi connectivity index (χ1v) is 4.59. The molecule has 0 aliphatic heterocycles. The van der Waals surface area contributed by atoms with Crippen molar-refractivity contribution < 1.29 is 0 Å². The van der Waals surface area contributed by atoms with Crippen molar-refractivity contribution in [2.45, 2.75) is 11.1 Å². The van der Waals surface area contributed by atoms with E-state index in [-0.39, 0.29) is 6.17 Å².